The van der Waals surface area contributed by atoms with E-state index in [1.807, 2.05) is 58.0 Å². The summed E-state index contributed by atoms with van der Waals surface area (Å²) in [6, 6.07) is 15.5. The summed E-state index contributed by atoms with van der Waals surface area (Å²) < 4.78 is 27.7. The van der Waals surface area contributed by atoms with Crippen molar-refractivity contribution in [2.45, 2.75) is 57.6 Å². The van der Waals surface area contributed by atoms with Gasteiger partial charge in [0, 0.05) is 24.2 Å². The van der Waals surface area contributed by atoms with E-state index in [9.17, 15) is 13.2 Å². The van der Waals surface area contributed by atoms with E-state index < -0.39 is 10.0 Å². The van der Waals surface area contributed by atoms with Gasteiger partial charge in [-0.25, -0.2) is 8.42 Å². The molecule has 0 aliphatic carbocycles. The van der Waals surface area contributed by atoms with Crippen LogP contribution in [0.1, 0.15) is 50.0 Å². The second kappa shape index (κ2) is 9.15. The maximum Gasteiger partial charge on any atom is 0.251 e. The molecule has 2 rings (SSSR count). The molecule has 0 aliphatic heterocycles. The van der Waals surface area contributed by atoms with Crippen LogP contribution in [0.5, 0.6) is 0 Å². The summed E-state index contributed by atoms with van der Waals surface area (Å²) in [5.74, 6) is -0.196. The van der Waals surface area contributed by atoms with Crippen LogP contribution < -0.4 is 5.32 Å². The molecule has 146 valence electrons. The Kier molecular flexibility index (Phi) is 7.16. The number of benzene rings is 2. The second-order valence-corrected chi connectivity index (χ2v) is 8.83. The van der Waals surface area contributed by atoms with Gasteiger partial charge in [0.25, 0.3) is 5.91 Å². The summed E-state index contributed by atoms with van der Waals surface area (Å²) in [5.41, 5.74) is 1.38. The van der Waals surface area contributed by atoms with Gasteiger partial charge in [-0.3, -0.25) is 4.79 Å². The Hall–Kier alpha value is -2.18. The summed E-state index contributed by atoms with van der Waals surface area (Å²) >= 11 is 0. The molecule has 2 aromatic carbocycles. The highest BCUT2D eigenvalue weighted by Crippen LogP contribution is 2.21. The van der Waals surface area contributed by atoms with Crippen molar-refractivity contribution in [1.29, 1.82) is 0 Å². The Morgan fingerprint density at radius 3 is 2.11 bits per heavy atom. The Labute approximate surface area is 162 Å². The van der Waals surface area contributed by atoms with Crippen LogP contribution in [-0.2, 0) is 16.6 Å². The lowest BCUT2D eigenvalue weighted by molar-refractivity contribution is 0.0939. The minimum atomic E-state index is -3.67. The number of nitrogens with zero attached hydrogens (tertiary/aromatic N) is 1. The predicted molar refractivity (Wildman–Crippen MR) is 108 cm³/mol. The molecular formula is C21H28N2O3S. The number of hydrogen-bond donors (Lipinski definition) is 1. The zero-order valence-electron chi connectivity index (χ0n) is 16.3. The van der Waals surface area contributed by atoms with Crippen molar-refractivity contribution < 1.29 is 13.2 Å². The third-order valence-electron chi connectivity index (χ3n) is 4.47. The lowest BCUT2D eigenvalue weighted by Crippen LogP contribution is -2.36. The van der Waals surface area contributed by atoms with Crippen molar-refractivity contribution in [3.63, 3.8) is 0 Å². The van der Waals surface area contributed by atoms with Crippen molar-refractivity contribution in [2.75, 3.05) is 0 Å². The van der Waals surface area contributed by atoms with Crippen LogP contribution >= 0.6 is 0 Å². The topological polar surface area (TPSA) is 66.5 Å². The highest BCUT2D eigenvalue weighted by molar-refractivity contribution is 7.89. The fourth-order valence-corrected chi connectivity index (χ4v) is 4.26. The van der Waals surface area contributed by atoms with Crippen LogP contribution in [0, 0.1) is 0 Å². The Balaban J connectivity index is 2.24. The van der Waals surface area contributed by atoms with Gasteiger partial charge in [0.1, 0.15) is 0 Å². The van der Waals surface area contributed by atoms with Crippen LogP contribution in [0.25, 0.3) is 0 Å². The maximum absolute atomic E-state index is 13.1. The number of carbonyl (C=O) groups is 1. The molecule has 0 radical (unpaired) electrons. The number of hydrogen-bond acceptors (Lipinski definition) is 3. The Morgan fingerprint density at radius 2 is 1.59 bits per heavy atom. The zero-order valence-corrected chi connectivity index (χ0v) is 17.2. The molecular weight excluding hydrogens is 360 g/mol. The molecule has 0 spiro atoms. The van der Waals surface area contributed by atoms with Crippen molar-refractivity contribution >= 4 is 15.9 Å². The van der Waals surface area contributed by atoms with Crippen LogP contribution in [0.4, 0.5) is 0 Å². The van der Waals surface area contributed by atoms with Gasteiger partial charge in [0.2, 0.25) is 10.0 Å². The average Bonchev–Trinajstić information content (AvgIpc) is 2.66. The van der Waals surface area contributed by atoms with E-state index in [4.69, 9.17) is 0 Å². The number of nitrogens with one attached hydrogen (secondary N) is 1. The smallest absolute Gasteiger partial charge is 0.251 e. The molecule has 0 bridgehead atoms. The quantitative estimate of drug-likeness (QED) is 0.748. The molecule has 1 amide bonds. The number of amides is 1. The number of carbonyl (C=O) groups excluding carboxylic acids is 1. The van der Waals surface area contributed by atoms with Gasteiger partial charge in [-0.15, -0.1) is 0 Å². The van der Waals surface area contributed by atoms with Gasteiger partial charge < -0.3 is 5.32 Å². The van der Waals surface area contributed by atoms with Gasteiger partial charge in [0.05, 0.1) is 4.90 Å². The van der Waals surface area contributed by atoms with Crippen molar-refractivity contribution in [2.24, 2.45) is 0 Å². The van der Waals surface area contributed by atoms with Crippen molar-refractivity contribution in [1.82, 2.24) is 9.62 Å². The fourth-order valence-electron chi connectivity index (χ4n) is 2.63. The number of sulfonamides is 1. The summed E-state index contributed by atoms with van der Waals surface area (Å²) in [4.78, 5) is 12.4. The normalized spacial score (nSPS) is 13.0. The lowest BCUT2D eigenvalue weighted by atomic mass is 10.2. The minimum Gasteiger partial charge on any atom is -0.350 e. The van der Waals surface area contributed by atoms with Crippen LogP contribution in [0.3, 0.4) is 0 Å². The molecule has 5 nitrogen and oxygen atoms in total. The second-order valence-electron chi connectivity index (χ2n) is 6.94. The highest BCUT2D eigenvalue weighted by atomic mass is 32.2. The van der Waals surface area contributed by atoms with Gasteiger partial charge in [-0.2, -0.15) is 4.31 Å². The van der Waals surface area contributed by atoms with Crippen molar-refractivity contribution in [3.05, 3.63) is 65.7 Å². The molecule has 2 aromatic rings. The van der Waals surface area contributed by atoms with Crippen molar-refractivity contribution in [3.8, 4) is 0 Å². The van der Waals surface area contributed by atoms with E-state index in [1.165, 1.54) is 16.4 Å². The molecule has 0 aliphatic rings. The van der Waals surface area contributed by atoms with E-state index in [2.05, 4.69) is 5.32 Å². The van der Waals surface area contributed by atoms with E-state index in [0.717, 1.165) is 12.0 Å². The van der Waals surface area contributed by atoms with Gasteiger partial charge in [0.15, 0.2) is 0 Å². The van der Waals surface area contributed by atoms with Crippen LogP contribution in [-0.4, -0.2) is 30.7 Å². The highest BCUT2D eigenvalue weighted by Gasteiger charge is 2.27. The molecule has 0 heterocycles. The largest absolute Gasteiger partial charge is 0.350 e. The zero-order chi connectivity index (χ0) is 20.0. The summed E-state index contributed by atoms with van der Waals surface area (Å²) in [5, 5.41) is 2.88. The predicted octanol–water partition coefficient (Wildman–Crippen LogP) is 3.81. The SMILES string of the molecule is CCC(C)NC(=O)c1ccc(S(=O)(=O)N(Cc2ccccc2)C(C)C)cc1. The fraction of sp³-hybridized carbons (Fsp3) is 0.381. The molecule has 1 atom stereocenters. The Morgan fingerprint density at radius 1 is 1.00 bits per heavy atom. The first-order valence-electron chi connectivity index (χ1n) is 9.22. The first-order chi connectivity index (χ1) is 12.8. The van der Waals surface area contributed by atoms with Crippen LogP contribution in [0.2, 0.25) is 0 Å². The molecule has 27 heavy (non-hydrogen) atoms. The summed E-state index contributed by atoms with van der Waals surface area (Å²) in [6.45, 7) is 7.94. The third-order valence-corrected chi connectivity index (χ3v) is 6.51. The molecule has 0 aromatic heterocycles. The monoisotopic (exact) mass is 388 g/mol. The van der Waals surface area contributed by atoms with E-state index in [-0.39, 0.29) is 22.9 Å². The number of rotatable bonds is 8. The lowest BCUT2D eigenvalue weighted by Gasteiger charge is -2.26. The standard InChI is InChI=1S/C21H28N2O3S/c1-5-17(4)22-21(24)19-11-13-20(14-12-19)27(25,26)23(16(2)3)15-18-9-7-6-8-10-18/h6-14,16-17H,5,15H2,1-4H3,(H,22,24). The molecule has 6 heteroatoms. The maximum atomic E-state index is 13.1. The molecule has 0 fully saturated rings. The molecule has 0 saturated heterocycles. The van der Waals surface area contributed by atoms with Gasteiger partial charge >= 0.3 is 0 Å². The molecule has 1 unspecified atom stereocenters. The van der Waals surface area contributed by atoms with Crippen LogP contribution in [0.15, 0.2) is 59.5 Å². The first-order valence-corrected chi connectivity index (χ1v) is 10.7. The van der Waals surface area contributed by atoms with E-state index in [0.29, 0.717) is 12.1 Å². The van der Waals surface area contributed by atoms with E-state index in [1.54, 1.807) is 12.1 Å². The third kappa shape index (κ3) is 5.40. The molecule has 0 saturated carbocycles. The van der Waals surface area contributed by atoms with Gasteiger partial charge in [-0.1, -0.05) is 37.3 Å². The molecule has 1 N–H and O–H groups in total. The summed E-state index contributed by atoms with van der Waals surface area (Å²) in [6.07, 6.45) is 0.834. The average molecular weight is 389 g/mol. The first kappa shape index (κ1) is 21.1. The Bertz CT molecular complexity index is 847. The van der Waals surface area contributed by atoms with E-state index >= 15 is 0 Å². The van der Waals surface area contributed by atoms with Gasteiger partial charge in [-0.05, 0) is 57.0 Å². The summed E-state index contributed by atoms with van der Waals surface area (Å²) in [7, 11) is -3.67. The minimum absolute atomic E-state index is 0.0724.